The van der Waals surface area contributed by atoms with E-state index < -0.39 is 12.0 Å². The molecule has 0 spiro atoms. The number of carbonyl (C=O) groups is 2. The van der Waals surface area contributed by atoms with Gasteiger partial charge in [-0.15, -0.1) is 0 Å². The average Bonchev–Trinajstić information content (AvgIpc) is 2.89. The minimum absolute atomic E-state index is 0.248. The van der Waals surface area contributed by atoms with Gasteiger partial charge in [0.2, 0.25) is 0 Å². The maximum atomic E-state index is 13.4. The monoisotopic (exact) mass is 496 g/mol. The van der Waals surface area contributed by atoms with Crippen molar-refractivity contribution in [2.75, 3.05) is 32.2 Å². The molecule has 6 heteroatoms. The SMILES string of the molecule is COC(=O)C(CCSC)NC(=O)c1ccc(CCNCC2CCCCC2)cc1-c1ccccc1C. The summed E-state index contributed by atoms with van der Waals surface area (Å²) in [6.07, 6.45) is 10.2. The Morgan fingerprint density at radius 2 is 1.86 bits per heavy atom. The second-order valence-corrected chi connectivity index (χ2v) is 10.5. The molecule has 5 nitrogen and oxygen atoms in total. The van der Waals surface area contributed by atoms with E-state index >= 15 is 0 Å². The number of rotatable bonds is 12. The van der Waals surface area contributed by atoms with Gasteiger partial charge in [-0.3, -0.25) is 4.79 Å². The maximum absolute atomic E-state index is 13.4. The molecule has 2 N–H and O–H groups in total. The van der Waals surface area contributed by atoms with Crippen LogP contribution in [-0.2, 0) is 16.0 Å². The van der Waals surface area contributed by atoms with Gasteiger partial charge in [0.25, 0.3) is 5.91 Å². The number of hydrogen-bond acceptors (Lipinski definition) is 5. The maximum Gasteiger partial charge on any atom is 0.328 e. The molecule has 1 aliphatic rings. The van der Waals surface area contributed by atoms with Crippen molar-refractivity contribution in [1.82, 2.24) is 10.6 Å². The van der Waals surface area contributed by atoms with Crippen LogP contribution in [-0.4, -0.2) is 50.1 Å². The largest absolute Gasteiger partial charge is 0.467 e. The fourth-order valence-corrected chi connectivity index (χ4v) is 5.31. The first kappa shape index (κ1) is 27.3. The third-order valence-corrected chi connectivity index (χ3v) is 7.56. The highest BCUT2D eigenvalue weighted by molar-refractivity contribution is 7.98. The average molecular weight is 497 g/mol. The van der Waals surface area contributed by atoms with Crippen LogP contribution in [0.1, 0.15) is 60.0 Å². The van der Waals surface area contributed by atoms with E-state index in [4.69, 9.17) is 4.74 Å². The Morgan fingerprint density at radius 1 is 1.09 bits per heavy atom. The number of aryl methyl sites for hydroxylation is 1. The minimum atomic E-state index is -0.659. The second-order valence-electron chi connectivity index (χ2n) is 9.48. The van der Waals surface area contributed by atoms with E-state index in [9.17, 15) is 9.59 Å². The summed E-state index contributed by atoms with van der Waals surface area (Å²) in [6.45, 7) is 4.08. The van der Waals surface area contributed by atoms with Crippen LogP contribution in [0, 0.1) is 12.8 Å². The zero-order chi connectivity index (χ0) is 25.0. The molecule has 0 radical (unpaired) electrons. The van der Waals surface area contributed by atoms with Gasteiger partial charge >= 0.3 is 5.97 Å². The van der Waals surface area contributed by atoms with Gasteiger partial charge in [0.15, 0.2) is 0 Å². The second kappa shape index (κ2) is 14.3. The van der Waals surface area contributed by atoms with Crippen LogP contribution in [0.15, 0.2) is 42.5 Å². The van der Waals surface area contributed by atoms with Crippen molar-refractivity contribution in [3.63, 3.8) is 0 Å². The van der Waals surface area contributed by atoms with Crippen LogP contribution in [0.5, 0.6) is 0 Å². The third-order valence-electron chi connectivity index (χ3n) is 6.91. The number of thioether (sulfide) groups is 1. The van der Waals surface area contributed by atoms with Gasteiger partial charge < -0.3 is 15.4 Å². The summed E-state index contributed by atoms with van der Waals surface area (Å²) in [5, 5.41) is 6.56. The molecule has 0 saturated heterocycles. The van der Waals surface area contributed by atoms with Gasteiger partial charge in [-0.1, -0.05) is 55.7 Å². The smallest absolute Gasteiger partial charge is 0.328 e. The van der Waals surface area contributed by atoms with E-state index in [0.717, 1.165) is 47.9 Å². The number of carbonyl (C=O) groups excluding carboxylic acids is 2. The molecule has 1 fully saturated rings. The number of nitrogens with one attached hydrogen (secondary N) is 2. The van der Waals surface area contributed by atoms with Crippen molar-refractivity contribution >= 4 is 23.6 Å². The van der Waals surface area contributed by atoms with E-state index in [0.29, 0.717) is 12.0 Å². The van der Waals surface area contributed by atoms with Crippen LogP contribution < -0.4 is 10.6 Å². The summed E-state index contributed by atoms with van der Waals surface area (Å²) >= 11 is 1.64. The fourth-order valence-electron chi connectivity index (χ4n) is 4.84. The molecule has 1 aliphatic carbocycles. The lowest BCUT2D eigenvalue weighted by molar-refractivity contribution is -0.142. The van der Waals surface area contributed by atoms with Gasteiger partial charge in [-0.2, -0.15) is 11.8 Å². The highest BCUT2D eigenvalue weighted by Gasteiger charge is 2.24. The molecular weight excluding hydrogens is 456 g/mol. The summed E-state index contributed by atoms with van der Waals surface area (Å²) in [5.74, 6) is 0.913. The number of esters is 1. The Kier molecular flexibility index (Phi) is 11.1. The first-order valence-electron chi connectivity index (χ1n) is 12.8. The lowest BCUT2D eigenvalue weighted by Gasteiger charge is -2.22. The predicted molar refractivity (Wildman–Crippen MR) is 146 cm³/mol. The van der Waals surface area contributed by atoms with Crippen LogP contribution in [0.2, 0.25) is 0 Å². The molecular formula is C29H40N2O3S. The number of ether oxygens (including phenoxy) is 1. The molecule has 2 aromatic rings. The van der Waals surface area contributed by atoms with Crippen LogP contribution >= 0.6 is 11.8 Å². The molecule has 3 rings (SSSR count). The number of benzene rings is 2. The lowest BCUT2D eigenvalue weighted by atomic mass is 9.89. The Labute approximate surface area is 214 Å². The van der Waals surface area contributed by atoms with E-state index in [2.05, 4.69) is 35.8 Å². The van der Waals surface area contributed by atoms with Gasteiger partial charge in [0.1, 0.15) is 6.04 Å². The first-order valence-corrected chi connectivity index (χ1v) is 14.2. The topological polar surface area (TPSA) is 67.4 Å². The molecule has 2 aromatic carbocycles. The summed E-state index contributed by atoms with van der Waals surface area (Å²) in [5.41, 5.74) is 4.83. The van der Waals surface area contributed by atoms with Crippen LogP contribution in [0.4, 0.5) is 0 Å². The molecule has 1 unspecified atom stereocenters. The van der Waals surface area contributed by atoms with Crippen molar-refractivity contribution in [2.24, 2.45) is 5.92 Å². The molecule has 0 aromatic heterocycles. The Balaban J connectivity index is 1.76. The molecule has 0 bridgehead atoms. The standard InChI is InChI=1S/C29H40N2O3S/c1-21-9-7-8-12-24(21)26-19-22(15-17-30-20-23-10-5-4-6-11-23)13-14-25(26)28(32)31-27(16-18-35-3)29(33)34-2/h7-9,12-14,19,23,27,30H,4-6,10-11,15-18,20H2,1-3H3,(H,31,32). The third kappa shape index (κ3) is 8.11. The molecule has 0 aliphatic heterocycles. The number of hydrogen-bond donors (Lipinski definition) is 2. The van der Waals surface area contributed by atoms with Gasteiger partial charge in [-0.25, -0.2) is 4.79 Å². The van der Waals surface area contributed by atoms with Gasteiger partial charge in [0.05, 0.1) is 7.11 Å². The lowest BCUT2D eigenvalue weighted by Crippen LogP contribution is -2.42. The van der Waals surface area contributed by atoms with Crippen LogP contribution in [0.3, 0.4) is 0 Å². The van der Waals surface area contributed by atoms with E-state index in [-0.39, 0.29) is 5.91 Å². The zero-order valence-electron chi connectivity index (χ0n) is 21.4. The molecule has 0 heterocycles. The summed E-state index contributed by atoms with van der Waals surface area (Å²) in [7, 11) is 1.36. The van der Waals surface area contributed by atoms with Crippen LogP contribution in [0.25, 0.3) is 11.1 Å². The van der Waals surface area contributed by atoms with Crippen molar-refractivity contribution in [3.05, 3.63) is 59.2 Å². The normalized spacial score (nSPS) is 14.9. The molecule has 35 heavy (non-hydrogen) atoms. The number of amides is 1. The number of methoxy groups -OCH3 is 1. The highest BCUT2D eigenvalue weighted by atomic mass is 32.2. The molecule has 1 atom stereocenters. The van der Waals surface area contributed by atoms with Crippen molar-refractivity contribution < 1.29 is 14.3 Å². The molecule has 1 saturated carbocycles. The van der Waals surface area contributed by atoms with Gasteiger partial charge in [-0.05, 0) is 91.9 Å². The zero-order valence-corrected chi connectivity index (χ0v) is 22.2. The van der Waals surface area contributed by atoms with Gasteiger partial charge in [0, 0.05) is 5.56 Å². The van der Waals surface area contributed by atoms with Crippen molar-refractivity contribution in [2.45, 2.75) is 57.9 Å². The summed E-state index contributed by atoms with van der Waals surface area (Å²) in [4.78, 5) is 25.6. The Bertz CT molecular complexity index is 972. The minimum Gasteiger partial charge on any atom is -0.467 e. The summed E-state index contributed by atoms with van der Waals surface area (Å²) < 4.78 is 4.93. The van der Waals surface area contributed by atoms with E-state index in [1.807, 2.05) is 30.5 Å². The predicted octanol–water partition coefficient (Wildman–Crippen LogP) is 5.40. The molecule has 190 valence electrons. The van der Waals surface area contributed by atoms with E-state index in [1.165, 1.54) is 44.8 Å². The Hall–Kier alpha value is -2.31. The molecule has 1 amide bonds. The van der Waals surface area contributed by atoms with Crippen molar-refractivity contribution in [3.8, 4) is 11.1 Å². The Morgan fingerprint density at radius 3 is 2.57 bits per heavy atom. The fraction of sp³-hybridized carbons (Fsp3) is 0.517. The van der Waals surface area contributed by atoms with Crippen molar-refractivity contribution in [1.29, 1.82) is 0 Å². The quantitative estimate of drug-likeness (QED) is 0.304. The van der Waals surface area contributed by atoms with E-state index in [1.54, 1.807) is 11.8 Å². The highest BCUT2D eigenvalue weighted by Crippen LogP contribution is 2.29. The summed E-state index contributed by atoms with van der Waals surface area (Å²) in [6, 6.07) is 13.5. The first-order chi connectivity index (χ1) is 17.0.